The smallest absolute Gasteiger partial charge is 0.321 e. The molecule has 1 rings (SSSR count). The molecule has 4 N–H and O–H groups in total. The number of halogens is 1. The summed E-state index contributed by atoms with van der Waals surface area (Å²) in [5.74, 6) is -1.55. The number of nitrogens with two attached hydrogens (primary N) is 1. The highest BCUT2D eigenvalue weighted by Gasteiger charge is 2.15. The van der Waals surface area contributed by atoms with Crippen molar-refractivity contribution in [3.8, 4) is 0 Å². The van der Waals surface area contributed by atoms with Crippen molar-refractivity contribution in [3.05, 3.63) is 33.8 Å². The molecule has 5 nitrogen and oxygen atoms in total. The van der Waals surface area contributed by atoms with E-state index in [0.717, 1.165) is 15.6 Å². The van der Waals surface area contributed by atoms with Crippen molar-refractivity contribution in [3.63, 3.8) is 0 Å². The molecule has 1 aromatic rings. The summed E-state index contributed by atoms with van der Waals surface area (Å²) < 4.78 is 0.930. The van der Waals surface area contributed by atoms with E-state index in [1.54, 1.807) is 0 Å². The number of carbonyl (C=O) groups is 2. The first-order valence-electron chi connectivity index (χ1n) is 5.40. The number of hydrogen-bond donors (Lipinski definition) is 3. The van der Waals surface area contributed by atoms with Gasteiger partial charge in [0.1, 0.15) is 6.04 Å². The van der Waals surface area contributed by atoms with Gasteiger partial charge in [-0.25, -0.2) is 0 Å². The molecule has 0 saturated heterocycles. The van der Waals surface area contributed by atoms with E-state index in [0.29, 0.717) is 6.54 Å². The third kappa shape index (κ3) is 4.46. The summed E-state index contributed by atoms with van der Waals surface area (Å²) in [6.45, 7) is 2.30. The lowest BCUT2D eigenvalue weighted by Gasteiger charge is -2.10. The van der Waals surface area contributed by atoms with Crippen molar-refractivity contribution in [2.24, 2.45) is 5.73 Å². The highest BCUT2D eigenvalue weighted by atomic mass is 79.9. The summed E-state index contributed by atoms with van der Waals surface area (Å²) in [5, 5.41) is 11.2. The second-order valence-electron chi connectivity index (χ2n) is 4.00. The van der Waals surface area contributed by atoms with E-state index in [9.17, 15) is 9.59 Å². The van der Waals surface area contributed by atoms with Gasteiger partial charge in [-0.1, -0.05) is 22.0 Å². The van der Waals surface area contributed by atoms with Gasteiger partial charge in [0.15, 0.2) is 0 Å². The lowest BCUT2D eigenvalue weighted by atomic mass is 10.1. The molecule has 0 aliphatic rings. The third-order valence-corrected chi connectivity index (χ3v) is 3.00. The number of rotatable bonds is 5. The van der Waals surface area contributed by atoms with Crippen LogP contribution in [0.1, 0.15) is 17.5 Å². The molecular formula is C12H15BrN2O3. The van der Waals surface area contributed by atoms with Gasteiger partial charge in [0.2, 0.25) is 5.91 Å². The maximum absolute atomic E-state index is 11.5. The minimum absolute atomic E-state index is 0.220. The van der Waals surface area contributed by atoms with E-state index in [1.807, 2.05) is 25.1 Å². The molecule has 0 saturated carbocycles. The van der Waals surface area contributed by atoms with E-state index < -0.39 is 12.0 Å². The lowest BCUT2D eigenvalue weighted by molar-refractivity contribution is -0.140. The predicted molar refractivity (Wildman–Crippen MR) is 71.0 cm³/mol. The second kappa shape index (κ2) is 6.51. The Balaban J connectivity index is 2.52. The number of carboxylic acids is 1. The molecule has 0 radical (unpaired) electrons. The van der Waals surface area contributed by atoms with E-state index in [4.69, 9.17) is 10.8 Å². The topological polar surface area (TPSA) is 92.4 Å². The van der Waals surface area contributed by atoms with Gasteiger partial charge in [-0.15, -0.1) is 0 Å². The molecular weight excluding hydrogens is 300 g/mol. The molecule has 18 heavy (non-hydrogen) atoms. The first kappa shape index (κ1) is 14.7. The summed E-state index contributed by atoms with van der Waals surface area (Å²) >= 11 is 3.35. The number of carboxylic acid groups (broad SMARTS) is 1. The molecule has 0 heterocycles. The van der Waals surface area contributed by atoms with Crippen LogP contribution in [0.3, 0.4) is 0 Å². The SMILES string of the molecule is Cc1ccc(Br)cc1CNC(=O)CC(N)C(=O)O. The molecule has 98 valence electrons. The van der Waals surface area contributed by atoms with Crippen LogP contribution in [0.4, 0.5) is 0 Å². The molecule has 1 amide bonds. The average Bonchev–Trinajstić information content (AvgIpc) is 2.30. The first-order chi connectivity index (χ1) is 8.40. The molecule has 1 unspecified atom stereocenters. The first-order valence-corrected chi connectivity index (χ1v) is 6.19. The van der Waals surface area contributed by atoms with Crippen LogP contribution in [0.5, 0.6) is 0 Å². The average molecular weight is 315 g/mol. The van der Waals surface area contributed by atoms with Crippen LogP contribution in [0.15, 0.2) is 22.7 Å². The van der Waals surface area contributed by atoms with Crippen molar-refractivity contribution < 1.29 is 14.7 Å². The fourth-order valence-corrected chi connectivity index (χ4v) is 1.79. The number of hydrogen-bond acceptors (Lipinski definition) is 3. The van der Waals surface area contributed by atoms with Gasteiger partial charge in [-0.3, -0.25) is 9.59 Å². The standard InChI is InChI=1S/C12H15BrN2O3/c1-7-2-3-9(13)4-8(7)6-15-11(16)5-10(14)12(17)18/h2-4,10H,5-6,14H2,1H3,(H,15,16)(H,17,18). The van der Waals surface area contributed by atoms with Crippen LogP contribution in [-0.2, 0) is 16.1 Å². The molecule has 0 aliphatic heterocycles. The second-order valence-corrected chi connectivity index (χ2v) is 4.91. The fourth-order valence-electron chi connectivity index (χ4n) is 1.38. The fraction of sp³-hybridized carbons (Fsp3) is 0.333. The number of aryl methyl sites for hydroxylation is 1. The van der Waals surface area contributed by atoms with Crippen LogP contribution in [0, 0.1) is 6.92 Å². The third-order valence-electron chi connectivity index (χ3n) is 2.51. The van der Waals surface area contributed by atoms with Crippen LogP contribution in [0.25, 0.3) is 0 Å². The van der Waals surface area contributed by atoms with Crippen LogP contribution in [-0.4, -0.2) is 23.0 Å². The van der Waals surface area contributed by atoms with Crippen molar-refractivity contribution in [2.75, 3.05) is 0 Å². The summed E-state index contributed by atoms with van der Waals surface area (Å²) in [6.07, 6.45) is -0.220. The van der Waals surface area contributed by atoms with Crippen LogP contribution < -0.4 is 11.1 Å². The zero-order valence-corrected chi connectivity index (χ0v) is 11.5. The van der Waals surface area contributed by atoms with Crippen LogP contribution >= 0.6 is 15.9 Å². The number of carbonyl (C=O) groups excluding carboxylic acids is 1. The van der Waals surface area contributed by atoms with Crippen molar-refractivity contribution in [1.82, 2.24) is 5.32 Å². The number of aliphatic carboxylic acids is 1. The van der Waals surface area contributed by atoms with Gasteiger partial charge >= 0.3 is 5.97 Å². The molecule has 6 heteroatoms. The normalized spacial score (nSPS) is 11.9. The van der Waals surface area contributed by atoms with Crippen molar-refractivity contribution in [1.29, 1.82) is 0 Å². The maximum atomic E-state index is 11.5. The lowest BCUT2D eigenvalue weighted by Crippen LogP contribution is -2.36. The summed E-state index contributed by atoms with van der Waals surface area (Å²) in [6, 6.07) is 4.61. The number of benzene rings is 1. The Labute approximate surface area is 113 Å². The monoisotopic (exact) mass is 314 g/mol. The Morgan fingerprint density at radius 3 is 2.78 bits per heavy atom. The highest BCUT2D eigenvalue weighted by molar-refractivity contribution is 9.10. The number of amides is 1. The van der Waals surface area contributed by atoms with Gasteiger partial charge in [-0.2, -0.15) is 0 Å². The maximum Gasteiger partial charge on any atom is 0.321 e. The summed E-state index contributed by atoms with van der Waals surface area (Å²) in [7, 11) is 0. The Morgan fingerprint density at radius 1 is 1.50 bits per heavy atom. The molecule has 0 spiro atoms. The van der Waals surface area contributed by atoms with Crippen molar-refractivity contribution >= 4 is 27.8 Å². The minimum Gasteiger partial charge on any atom is -0.480 e. The number of nitrogens with one attached hydrogen (secondary N) is 1. The largest absolute Gasteiger partial charge is 0.480 e. The minimum atomic E-state index is -1.18. The molecule has 0 fully saturated rings. The van der Waals surface area contributed by atoms with E-state index in [1.165, 1.54) is 0 Å². The Bertz CT molecular complexity index is 463. The summed E-state index contributed by atoms with van der Waals surface area (Å²) in [4.78, 5) is 22.0. The predicted octanol–water partition coefficient (Wildman–Crippen LogP) is 1.18. The Kier molecular flexibility index (Phi) is 5.30. The molecule has 1 atom stereocenters. The zero-order valence-electron chi connectivity index (χ0n) is 9.94. The molecule has 0 aliphatic carbocycles. The molecule has 0 aromatic heterocycles. The Morgan fingerprint density at radius 2 is 2.17 bits per heavy atom. The molecule has 0 bridgehead atoms. The van der Waals surface area contributed by atoms with E-state index in [-0.39, 0.29) is 12.3 Å². The van der Waals surface area contributed by atoms with Gasteiger partial charge in [0.25, 0.3) is 0 Å². The Hall–Kier alpha value is -1.40. The van der Waals surface area contributed by atoms with Gasteiger partial charge in [0.05, 0.1) is 6.42 Å². The van der Waals surface area contributed by atoms with Gasteiger partial charge in [0, 0.05) is 11.0 Å². The van der Waals surface area contributed by atoms with Gasteiger partial charge in [-0.05, 0) is 30.2 Å². The van der Waals surface area contributed by atoms with E-state index in [2.05, 4.69) is 21.2 Å². The highest BCUT2D eigenvalue weighted by Crippen LogP contribution is 2.15. The van der Waals surface area contributed by atoms with E-state index >= 15 is 0 Å². The zero-order chi connectivity index (χ0) is 13.7. The van der Waals surface area contributed by atoms with Crippen molar-refractivity contribution in [2.45, 2.75) is 25.9 Å². The van der Waals surface area contributed by atoms with Crippen LogP contribution in [0.2, 0.25) is 0 Å². The van der Waals surface area contributed by atoms with Gasteiger partial charge < -0.3 is 16.2 Å². The molecule has 1 aromatic carbocycles. The summed E-state index contributed by atoms with van der Waals surface area (Å²) in [5.41, 5.74) is 7.30. The quantitative estimate of drug-likeness (QED) is 0.760.